The van der Waals surface area contributed by atoms with Gasteiger partial charge in [-0.3, -0.25) is 9.59 Å². The Morgan fingerprint density at radius 1 is 1.11 bits per heavy atom. The van der Waals surface area contributed by atoms with Crippen LogP contribution in [0.15, 0.2) is 22.7 Å². The molecule has 19 heavy (non-hydrogen) atoms. The Balaban J connectivity index is 2.00. The summed E-state index contributed by atoms with van der Waals surface area (Å²) in [5.41, 5.74) is 0.685. The molecule has 0 radical (unpaired) electrons. The number of rotatable bonds is 1. The molecular formula is C14H13BrINO2. The Hall–Kier alpha value is -0.430. The lowest BCUT2D eigenvalue weighted by Gasteiger charge is -2.19. The van der Waals surface area contributed by atoms with E-state index in [-0.39, 0.29) is 23.7 Å². The highest BCUT2D eigenvalue weighted by Gasteiger charge is 2.49. The van der Waals surface area contributed by atoms with E-state index in [4.69, 9.17) is 0 Å². The van der Waals surface area contributed by atoms with E-state index in [9.17, 15) is 9.59 Å². The van der Waals surface area contributed by atoms with Crippen molar-refractivity contribution in [2.75, 3.05) is 4.90 Å². The number of carbonyl (C=O) groups excluding carboxylic acids is 2. The molecule has 3 nitrogen and oxygen atoms in total. The van der Waals surface area contributed by atoms with Crippen molar-refractivity contribution in [2.45, 2.75) is 25.7 Å². The van der Waals surface area contributed by atoms with Gasteiger partial charge in [0.05, 0.1) is 17.5 Å². The largest absolute Gasteiger partial charge is 0.274 e. The van der Waals surface area contributed by atoms with Crippen molar-refractivity contribution in [1.82, 2.24) is 0 Å². The molecule has 2 fully saturated rings. The number of fused-ring (bicyclic) bond motifs is 1. The number of anilines is 1. The summed E-state index contributed by atoms with van der Waals surface area (Å²) in [7, 11) is 0. The molecule has 0 N–H and O–H groups in total. The summed E-state index contributed by atoms with van der Waals surface area (Å²) in [6.45, 7) is 0. The fourth-order valence-corrected chi connectivity index (χ4v) is 4.54. The van der Waals surface area contributed by atoms with Gasteiger partial charge in [-0.15, -0.1) is 0 Å². The Kier molecular flexibility index (Phi) is 3.68. The summed E-state index contributed by atoms with van der Waals surface area (Å²) in [4.78, 5) is 26.3. The van der Waals surface area contributed by atoms with E-state index in [1.165, 1.54) is 4.90 Å². The molecular weight excluding hydrogens is 421 g/mol. The van der Waals surface area contributed by atoms with Crippen molar-refractivity contribution < 1.29 is 9.59 Å². The summed E-state index contributed by atoms with van der Waals surface area (Å²) < 4.78 is 1.88. The monoisotopic (exact) mass is 433 g/mol. The van der Waals surface area contributed by atoms with Crippen LogP contribution in [0.5, 0.6) is 0 Å². The smallest absolute Gasteiger partial charge is 0.237 e. The number of nitrogens with zero attached hydrogens (tertiary/aromatic N) is 1. The molecule has 2 unspecified atom stereocenters. The highest BCUT2D eigenvalue weighted by molar-refractivity contribution is 14.1. The van der Waals surface area contributed by atoms with Gasteiger partial charge < -0.3 is 0 Å². The van der Waals surface area contributed by atoms with Crippen molar-refractivity contribution in [1.29, 1.82) is 0 Å². The van der Waals surface area contributed by atoms with Crippen molar-refractivity contribution in [3.8, 4) is 0 Å². The van der Waals surface area contributed by atoms with E-state index in [0.717, 1.165) is 33.7 Å². The van der Waals surface area contributed by atoms with Gasteiger partial charge in [-0.25, -0.2) is 4.90 Å². The van der Waals surface area contributed by atoms with Gasteiger partial charge in [0.25, 0.3) is 0 Å². The SMILES string of the molecule is O=C1C2CCCCC2C(=O)N1c1ccc(I)cc1Br. The van der Waals surface area contributed by atoms with Gasteiger partial charge in [-0.1, -0.05) is 12.8 Å². The second-order valence-corrected chi connectivity index (χ2v) is 7.21. The first kappa shape index (κ1) is 13.5. The van der Waals surface area contributed by atoms with Gasteiger partial charge in [0, 0.05) is 8.04 Å². The van der Waals surface area contributed by atoms with E-state index in [0.29, 0.717) is 5.69 Å². The molecule has 5 heteroatoms. The van der Waals surface area contributed by atoms with Gasteiger partial charge in [-0.2, -0.15) is 0 Å². The maximum atomic E-state index is 12.5. The third-order valence-corrected chi connectivity index (χ3v) is 5.30. The summed E-state index contributed by atoms with van der Waals surface area (Å²) in [5.74, 6) is -0.215. The summed E-state index contributed by atoms with van der Waals surface area (Å²) in [5, 5.41) is 0. The molecule has 2 amide bonds. The first-order chi connectivity index (χ1) is 9.09. The van der Waals surface area contributed by atoms with Crippen molar-refractivity contribution >= 4 is 56.0 Å². The number of imide groups is 1. The molecule has 1 heterocycles. The van der Waals surface area contributed by atoms with Crippen LogP contribution in [0.2, 0.25) is 0 Å². The first-order valence-corrected chi connectivity index (χ1v) is 8.29. The molecule has 0 bridgehead atoms. The van der Waals surface area contributed by atoms with E-state index >= 15 is 0 Å². The average Bonchev–Trinajstić information content (AvgIpc) is 2.64. The number of benzene rings is 1. The van der Waals surface area contributed by atoms with Gasteiger partial charge in [0.2, 0.25) is 11.8 Å². The van der Waals surface area contributed by atoms with Crippen LogP contribution in [0, 0.1) is 15.4 Å². The number of hydrogen-bond donors (Lipinski definition) is 0. The molecule has 0 spiro atoms. The Morgan fingerprint density at radius 2 is 1.68 bits per heavy atom. The Morgan fingerprint density at radius 3 is 2.21 bits per heavy atom. The highest BCUT2D eigenvalue weighted by Crippen LogP contribution is 2.41. The van der Waals surface area contributed by atoms with Crippen LogP contribution in [0.1, 0.15) is 25.7 Å². The topological polar surface area (TPSA) is 37.4 Å². The molecule has 1 saturated heterocycles. The lowest BCUT2D eigenvalue weighted by Crippen LogP contribution is -2.31. The molecule has 1 aliphatic carbocycles. The lowest BCUT2D eigenvalue weighted by atomic mass is 9.81. The van der Waals surface area contributed by atoms with E-state index in [1.54, 1.807) is 0 Å². The van der Waals surface area contributed by atoms with Crippen LogP contribution in [0.3, 0.4) is 0 Å². The van der Waals surface area contributed by atoms with E-state index in [1.807, 2.05) is 18.2 Å². The molecule has 3 rings (SSSR count). The second-order valence-electron chi connectivity index (χ2n) is 5.11. The molecule has 2 atom stereocenters. The van der Waals surface area contributed by atoms with Crippen LogP contribution in [-0.4, -0.2) is 11.8 Å². The molecule has 1 saturated carbocycles. The van der Waals surface area contributed by atoms with Gasteiger partial charge >= 0.3 is 0 Å². The summed E-state index contributed by atoms with van der Waals surface area (Å²) >= 11 is 5.67. The first-order valence-electron chi connectivity index (χ1n) is 6.42. The van der Waals surface area contributed by atoms with E-state index < -0.39 is 0 Å². The quantitative estimate of drug-likeness (QED) is 0.499. The van der Waals surface area contributed by atoms with Crippen molar-refractivity contribution in [2.24, 2.45) is 11.8 Å². The van der Waals surface area contributed by atoms with Crippen molar-refractivity contribution in [3.63, 3.8) is 0 Å². The zero-order valence-electron chi connectivity index (χ0n) is 10.2. The molecule has 100 valence electrons. The zero-order valence-corrected chi connectivity index (χ0v) is 14.0. The fraction of sp³-hybridized carbons (Fsp3) is 0.429. The number of hydrogen-bond acceptors (Lipinski definition) is 2. The Bertz CT molecular complexity index is 536. The highest BCUT2D eigenvalue weighted by atomic mass is 127. The predicted octanol–water partition coefficient (Wildman–Crippen LogP) is 3.73. The minimum absolute atomic E-state index is 0.0170. The lowest BCUT2D eigenvalue weighted by molar-refractivity contribution is -0.122. The normalized spacial score (nSPS) is 26.7. The van der Waals surface area contributed by atoms with Crippen molar-refractivity contribution in [3.05, 3.63) is 26.2 Å². The van der Waals surface area contributed by atoms with Crippen LogP contribution < -0.4 is 4.90 Å². The number of halogens is 2. The predicted molar refractivity (Wildman–Crippen MR) is 84.8 cm³/mol. The fourth-order valence-electron chi connectivity index (χ4n) is 3.06. The Labute approximate surface area is 134 Å². The second kappa shape index (κ2) is 5.16. The molecule has 2 aliphatic rings. The minimum atomic E-state index is -0.0903. The third-order valence-electron chi connectivity index (χ3n) is 3.99. The molecule has 1 aromatic carbocycles. The molecule has 0 aromatic heterocycles. The number of amides is 2. The standard InChI is InChI=1S/C14H13BrINO2/c15-11-7-8(16)5-6-12(11)17-13(18)9-3-1-2-4-10(9)14(17)19/h5-7,9-10H,1-4H2. The summed E-state index contributed by atoms with van der Waals surface area (Å²) in [6.07, 6.45) is 3.82. The number of carbonyl (C=O) groups is 2. The summed E-state index contributed by atoms with van der Waals surface area (Å²) in [6, 6.07) is 5.70. The minimum Gasteiger partial charge on any atom is -0.274 e. The maximum absolute atomic E-state index is 12.5. The van der Waals surface area contributed by atoms with Gasteiger partial charge in [0.1, 0.15) is 0 Å². The average molecular weight is 434 g/mol. The molecule has 1 aliphatic heterocycles. The van der Waals surface area contributed by atoms with Crippen LogP contribution in [0.4, 0.5) is 5.69 Å². The molecule has 1 aromatic rings. The van der Waals surface area contributed by atoms with Crippen LogP contribution >= 0.6 is 38.5 Å². The van der Waals surface area contributed by atoms with Gasteiger partial charge in [-0.05, 0) is 69.6 Å². The maximum Gasteiger partial charge on any atom is 0.237 e. The van der Waals surface area contributed by atoms with Crippen LogP contribution in [-0.2, 0) is 9.59 Å². The third kappa shape index (κ3) is 2.24. The van der Waals surface area contributed by atoms with Gasteiger partial charge in [0.15, 0.2) is 0 Å². The van der Waals surface area contributed by atoms with Crippen LogP contribution in [0.25, 0.3) is 0 Å². The zero-order chi connectivity index (χ0) is 13.6. The van der Waals surface area contributed by atoms with E-state index in [2.05, 4.69) is 38.5 Å².